The Morgan fingerprint density at radius 3 is 2.83 bits per heavy atom. The van der Waals surface area contributed by atoms with Crippen molar-refractivity contribution in [3.63, 3.8) is 0 Å². The lowest BCUT2D eigenvalue weighted by Crippen LogP contribution is -2.16. The summed E-state index contributed by atoms with van der Waals surface area (Å²) in [6.45, 7) is 1.99. The van der Waals surface area contributed by atoms with Crippen LogP contribution in [0.4, 0.5) is 5.69 Å². The van der Waals surface area contributed by atoms with E-state index in [0.29, 0.717) is 5.02 Å². The van der Waals surface area contributed by atoms with E-state index < -0.39 is 0 Å². The minimum absolute atomic E-state index is 0.0860. The summed E-state index contributed by atoms with van der Waals surface area (Å²) in [7, 11) is 0. The Morgan fingerprint density at radius 1 is 1.17 bits per heavy atom. The summed E-state index contributed by atoms with van der Waals surface area (Å²) in [4.78, 5) is 17.8. The van der Waals surface area contributed by atoms with Crippen LogP contribution >= 0.6 is 11.6 Å². The Morgan fingerprint density at radius 2 is 2.00 bits per heavy atom. The monoisotopic (exact) mass is 336 g/mol. The van der Waals surface area contributed by atoms with Crippen molar-refractivity contribution in [3.05, 3.63) is 69.9 Å². The summed E-state index contributed by atoms with van der Waals surface area (Å²) < 4.78 is 0. The van der Waals surface area contributed by atoms with Gasteiger partial charge in [0.25, 0.3) is 5.91 Å². The van der Waals surface area contributed by atoms with Crippen LogP contribution < -0.4 is 5.32 Å². The van der Waals surface area contributed by atoms with Gasteiger partial charge in [-0.1, -0.05) is 29.8 Å². The van der Waals surface area contributed by atoms with E-state index >= 15 is 0 Å². The third-order valence-electron chi connectivity index (χ3n) is 4.59. The van der Waals surface area contributed by atoms with E-state index in [0.717, 1.165) is 58.2 Å². The molecule has 3 nitrogen and oxygen atoms in total. The molecule has 0 radical (unpaired) electrons. The van der Waals surface area contributed by atoms with Gasteiger partial charge in [-0.3, -0.25) is 9.78 Å². The number of carbonyl (C=O) groups is 1. The molecule has 1 aromatic heterocycles. The van der Waals surface area contributed by atoms with Crippen LogP contribution in [0.15, 0.2) is 42.5 Å². The van der Waals surface area contributed by atoms with Crippen LogP contribution in [0.5, 0.6) is 0 Å². The average molecular weight is 337 g/mol. The SMILES string of the molecule is Cc1ccccc1NC(=O)c1c2c(nc3ccc(Cl)cc13)CCC2. The summed E-state index contributed by atoms with van der Waals surface area (Å²) in [6, 6.07) is 13.3. The molecule has 24 heavy (non-hydrogen) atoms. The zero-order chi connectivity index (χ0) is 16.7. The second-order valence-corrected chi connectivity index (χ2v) is 6.63. The number of benzene rings is 2. The van der Waals surface area contributed by atoms with Crippen LogP contribution in [0.3, 0.4) is 0 Å². The number of hydrogen-bond acceptors (Lipinski definition) is 2. The first-order chi connectivity index (χ1) is 11.6. The Kier molecular flexibility index (Phi) is 3.73. The number of amides is 1. The predicted octanol–water partition coefficient (Wildman–Crippen LogP) is 4.94. The molecule has 0 bridgehead atoms. The van der Waals surface area contributed by atoms with Gasteiger partial charge in [0.1, 0.15) is 0 Å². The highest BCUT2D eigenvalue weighted by molar-refractivity contribution is 6.31. The van der Waals surface area contributed by atoms with Crippen molar-refractivity contribution in [1.82, 2.24) is 4.98 Å². The van der Waals surface area contributed by atoms with E-state index in [4.69, 9.17) is 16.6 Å². The number of para-hydroxylation sites is 1. The average Bonchev–Trinajstić information content (AvgIpc) is 3.02. The number of nitrogens with zero attached hydrogens (tertiary/aromatic N) is 1. The molecule has 1 N–H and O–H groups in total. The van der Waals surface area contributed by atoms with E-state index in [-0.39, 0.29) is 5.91 Å². The van der Waals surface area contributed by atoms with E-state index in [1.807, 2.05) is 49.4 Å². The minimum atomic E-state index is -0.0860. The largest absolute Gasteiger partial charge is 0.322 e. The Labute approximate surface area is 145 Å². The van der Waals surface area contributed by atoms with Crippen molar-refractivity contribution < 1.29 is 4.79 Å². The molecule has 1 heterocycles. The van der Waals surface area contributed by atoms with Crippen molar-refractivity contribution in [1.29, 1.82) is 0 Å². The number of hydrogen-bond donors (Lipinski definition) is 1. The van der Waals surface area contributed by atoms with E-state index in [1.165, 1.54) is 0 Å². The lowest BCUT2D eigenvalue weighted by molar-refractivity contribution is 0.102. The summed E-state index contributed by atoms with van der Waals surface area (Å²) in [5.74, 6) is -0.0860. The highest BCUT2D eigenvalue weighted by Gasteiger charge is 2.24. The molecule has 0 spiro atoms. The van der Waals surface area contributed by atoms with E-state index in [2.05, 4.69) is 5.32 Å². The zero-order valence-electron chi connectivity index (χ0n) is 13.4. The minimum Gasteiger partial charge on any atom is -0.322 e. The normalized spacial score (nSPS) is 13.1. The number of carbonyl (C=O) groups excluding carboxylic acids is 1. The second-order valence-electron chi connectivity index (χ2n) is 6.20. The van der Waals surface area contributed by atoms with Crippen molar-refractivity contribution in [2.24, 2.45) is 0 Å². The molecular weight excluding hydrogens is 320 g/mol. The van der Waals surface area contributed by atoms with Gasteiger partial charge in [0.05, 0.1) is 11.1 Å². The zero-order valence-corrected chi connectivity index (χ0v) is 14.2. The van der Waals surface area contributed by atoms with Gasteiger partial charge in [0.2, 0.25) is 0 Å². The van der Waals surface area contributed by atoms with Crippen LogP contribution in [0.2, 0.25) is 5.02 Å². The third-order valence-corrected chi connectivity index (χ3v) is 4.83. The molecule has 0 unspecified atom stereocenters. The lowest BCUT2D eigenvalue weighted by Gasteiger charge is -2.14. The molecule has 120 valence electrons. The fourth-order valence-corrected chi connectivity index (χ4v) is 3.56. The number of anilines is 1. The first kappa shape index (κ1) is 15.2. The molecular formula is C20H17ClN2O. The van der Waals surface area contributed by atoms with Crippen LogP contribution in [0.25, 0.3) is 10.9 Å². The van der Waals surface area contributed by atoms with Crippen molar-refractivity contribution in [2.45, 2.75) is 26.2 Å². The summed E-state index contributed by atoms with van der Waals surface area (Å²) in [6.07, 6.45) is 2.86. The molecule has 0 fully saturated rings. The van der Waals surface area contributed by atoms with E-state index in [9.17, 15) is 4.79 Å². The second kappa shape index (κ2) is 5.91. The van der Waals surface area contributed by atoms with Gasteiger partial charge < -0.3 is 5.32 Å². The molecule has 1 amide bonds. The maximum atomic E-state index is 13.1. The fraction of sp³-hybridized carbons (Fsp3) is 0.200. The molecule has 0 saturated heterocycles. The highest BCUT2D eigenvalue weighted by atomic mass is 35.5. The Bertz CT molecular complexity index is 965. The van der Waals surface area contributed by atoms with Crippen LogP contribution in [-0.4, -0.2) is 10.9 Å². The number of halogens is 1. The maximum absolute atomic E-state index is 13.1. The van der Waals surface area contributed by atoms with Gasteiger partial charge in [0.15, 0.2) is 0 Å². The fourth-order valence-electron chi connectivity index (χ4n) is 3.39. The van der Waals surface area contributed by atoms with Crippen LogP contribution in [0, 0.1) is 6.92 Å². The Balaban J connectivity index is 1.87. The molecule has 0 atom stereocenters. The van der Waals surface area contributed by atoms with Crippen LogP contribution in [-0.2, 0) is 12.8 Å². The number of fused-ring (bicyclic) bond motifs is 2. The van der Waals surface area contributed by atoms with Crippen molar-refractivity contribution >= 4 is 34.1 Å². The van der Waals surface area contributed by atoms with Gasteiger partial charge in [-0.25, -0.2) is 0 Å². The highest BCUT2D eigenvalue weighted by Crippen LogP contribution is 2.32. The quantitative estimate of drug-likeness (QED) is 0.720. The molecule has 4 rings (SSSR count). The molecule has 1 aliphatic rings. The molecule has 2 aromatic carbocycles. The van der Waals surface area contributed by atoms with Gasteiger partial charge in [-0.05, 0) is 61.6 Å². The van der Waals surface area contributed by atoms with Gasteiger partial charge in [-0.2, -0.15) is 0 Å². The van der Waals surface area contributed by atoms with E-state index in [1.54, 1.807) is 0 Å². The number of pyridine rings is 1. The Hall–Kier alpha value is -2.39. The lowest BCUT2D eigenvalue weighted by atomic mass is 10.00. The van der Waals surface area contributed by atoms with Crippen LogP contribution in [0.1, 0.15) is 33.6 Å². The summed E-state index contributed by atoms with van der Waals surface area (Å²) in [5, 5.41) is 4.50. The molecule has 4 heteroatoms. The van der Waals surface area contributed by atoms with Crippen molar-refractivity contribution in [2.75, 3.05) is 5.32 Å². The number of aryl methyl sites for hydroxylation is 2. The first-order valence-corrected chi connectivity index (χ1v) is 8.49. The number of rotatable bonds is 2. The van der Waals surface area contributed by atoms with Gasteiger partial charge in [0, 0.05) is 21.8 Å². The first-order valence-electron chi connectivity index (χ1n) is 8.11. The van der Waals surface area contributed by atoms with Crippen molar-refractivity contribution in [3.8, 4) is 0 Å². The molecule has 3 aromatic rings. The number of aromatic nitrogens is 1. The molecule has 0 aliphatic heterocycles. The summed E-state index contributed by atoms with van der Waals surface area (Å²) >= 11 is 6.17. The van der Waals surface area contributed by atoms with Gasteiger partial charge >= 0.3 is 0 Å². The third kappa shape index (κ3) is 2.55. The maximum Gasteiger partial charge on any atom is 0.256 e. The standard InChI is InChI=1S/C20H17ClN2O/c1-12-5-2-3-7-16(12)23-20(24)19-14-6-4-8-17(14)22-18-10-9-13(21)11-15(18)19/h2-3,5,7,9-11H,4,6,8H2,1H3,(H,23,24). The molecule has 0 saturated carbocycles. The predicted molar refractivity (Wildman–Crippen MR) is 97.9 cm³/mol. The van der Waals surface area contributed by atoms with Gasteiger partial charge in [-0.15, -0.1) is 0 Å². The molecule has 1 aliphatic carbocycles. The number of nitrogens with one attached hydrogen (secondary N) is 1. The summed E-state index contributed by atoms with van der Waals surface area (Å²) in [5.41, 5.74) is 5.53. The smallest absolute Gasteiger partial charge is 0.256 e. The topological polar surface area (TPSA) is 42.0 Å².